The van der Waals surface area contributed by atoms with Crippen molar-refractivity contribution in [1.82, 2.24) is 10.2 Å². The molecule has 1 aromatic rings. The fraction of sp³-hybridized carbons (Fsp3) is 0.667. The lowest BCUT2D eigenvalue weighted by Gasteiger charge is -2.38. The van der Waals surface area contributed by atoms with Crippen molar-refractivity contribution in [3.63, 3.8) is 0 Å². The molecule has 110 valence electrons. The largest absolute Gasteiger partial charge is 0.312 e. The summed E-state index contributed by atoms with van der Waals surface area (Å²) in [4.78, 5) is 2.61. The first-order chi connectivity index (χ1) is 9.74. The second-order valence-corrected chi connectivity index (χ2v) is 6.74. The molecule has 3 rings (SSSR count). The van der Waals surface area contributed by atoms with Gasteiger partial charge < -0.3 is 10.2 Å². The van der Waals surface area contributed by atoms with Crippen LogP contribution in [0.5, 0.6) is 0 Å². The van der Waals surface area contributed by atoms with E-state index in [0.717, 1.165) is 5.92 Å². The van der Waals surface area contributed by atoms with Crippen molar-refractivity contribution in [2.75, 3.05) is 26.2 Å². The van der Waals surface area contributed by atoms with Crippen molar-refractivity contribution < 1.29 is 0 Å². The number of nitrogens with zero attached hydrogens (tertiary/aromatic N) is 1. The smallest absolute Gasteiger partial charge is 0.0201 e. The van der Waals surface area contributed by atoms with Gasteiger partial charge in [-0.15, -0.1) is 0 Å². The minimum atomic E-state index is 0.676. The highest BCUT2D eigenvalue weighted by Gasteiger charge is 2.29. The lowest BCUT2D eigenvalue weighted by Crippen LogP contribution is -2.48. The van der Waals surface area contributed by atoms with Gasteiger partial charge in [0.25, 0.3) is 0 Å². The van der Waals surface area contributed by atoms with Gasteiger partial charge in [0.05, 0.1) is 0 Å². The molecule has 2 fully saturated rings. The monoisotopic (exact) mass is 272 g/mol. The van der Waals surface area contributed by atoms with Crippen LogP contribution in [0, 0.1) is 12.8 Å². The van der Waals surface area contributed by atoms with Gasteiger partial charge >= 0.3 is 0 Å². The molecule has 1 N–H and O–H groups in total. The van der Waals surface area contributed by atoms with Gasteiger partial charge in [0.15, 0.2) is 0 Å². The van der Waals surface area contributed by atoms with E-state index >= 15 is 0 Å². The van der Waals surface area contributed by atoms with Crippen LogP contribution >= 0.6 is 0 Å². The van der Waals surface area contributed by atoms with Crippen LogP contribution in [-0.2, 0) is 0 Å². The first-order valence-corrected chi connectivity index (χ1v) is 8.27. The number of hydrogen-bond donors (Lipinski definition) is 1. The van der Waals surface area contributed by atoms with E-state index in [1.807, 2.05) is 0 Å². The van der Waals surface area contributed by atoms with Crippen LogP contribution in [-0.4, -0.2) is 37.1 Å². The van der Waals surface area contributed by atoms with Gasteiger partial charge in [0.2, 0.25) is 0 Å². The molecule has 1 saturated carbocycles. The minimum absolute atomic E-state index is 0.676. The summed E-state index contributed by atoms with van der Waals surface area (Å²) < 4.78 is 0. The molecule has 1 aliphatic carbocycles. The van der Waals surface area contributed by atoms with Gasteiger partial charge in [0.1, 0.15) is 0 Å². The third kappa shape index (κ3) is 3.62. The second kappa shape index (κ2) is 6.28. The van der Waals surface area contributed by atoms with Crippen molar-refractivity contribution in [3.05, 3.63) is 35.4 Å². The highest BCUT2D eigenvalue weighted by molar-refractivity contribution is 5.25. The number of benzene rings is 1. The third-order valence-electron chi connectivity index (χ3n) is 4.91. The quantitative estimate of drug-likeness (QED) is 0.885. The molecule has 1 aromatic carbocycles. The molecule has 0 aromatic heterocycles. The van der Waals surface area contributed by atoms with Crippen molar-refractivity contribution in [1.29, 1.82) is 0 Å². The summed E-state index contributed by atoms with van der Waals surface area (Å²) >= 11 is 0. The molecule has 2 heteroatoms. The number of nitrogens with one attached hydrogen (secondary N) is 1. The fourth-order valence-electron chi connectivity index (χ4n) is 3.33. The lowest BCUT2D eigenvalue weighted by molar-refractivity contribution is 0.178. The first-order valence-electron chi connectivity index (χ1n) is 8.27. The second-order valence-electron chi connectivity index (χ2n) is 6.74. The Hall–Kier alpha value is -0.860. The zero-order valence-corrected chi connectivity index (χ0v) is 12.9. The lowest BCUT2D eigenvalue weighted by atomic mass is 9.87. The van der Waals surface area contributed by atoms with Crippen molar-refractivity contribution in [2.24, 2.45) is 5.92 Å². The molecule has 0 bridgehead atoms. The number of hydrogen-bond acceptors (Lipinski definition) is 2. The Labute approximate surface area is 123 Å². The summed E-state index contributed by atoms with van der Waals surface area (Å²) in [5.74, 6) is 1.67. The van der Waals surface area contributed by atoms with Gasteiger partial charge in [-0.1, -0.05) is 36.8 Å². The molecule has 0 spiro atoms. The van der Waals surface area contributed by atoms with Gasteiger partial charge in [-0.3, -0.25) is 0 Å². The summed E-state index contributed by atoms with van der Waals surface area (Å²) in [6.07, 6.45) is 4.18. The van der Waals surface area contributed by atoms with E-state index in [2.05, 4.69) is 48.3 Å². The summed E-state index contributed by atoms with van der Waals surface area (Å²) in [6, 6.07) is 9.85. The maximum atomic E-state index is 3.82. The van der Waals surface area contributed by atoms with Crippen LogP contribution < -0.4 is 5.32 Å². The number of likely N-dealkylation sites (tertiary alicyclic amines) is 1. The average Bonchev–Trinajstić information content (AvgIpc) is 3.30. The Bertz CT molecular complexity index is 422. The number of aryl methyl sites for hydroxylation is 1. The van der Waals surface area contributed by atoms with E-state index in [1.165, 1.54) is 56.6 Å². The summed E-state index contributed by atoms with van der Waals surface area (Å²) in [5, 5.41) is 3.82. The predicted octanol–water partition coefficient (Wildman–Crippen LogP) is 3.17. The van der Waals surface area contributed by atoms with Crippen LogP contribution in [0.1, 0.15) is 43.2 Å². The Balaban J connectivity index is 1.64. The normalized spacial score (nSPS) is 27.7. The molecule has 20 heavy (non-hydrogen) atoms. The van der Waals surface area contributed by atoms with E-state index < -0.39 is 0 Å². The van der Waals surface area contributed by atoms with Crippen molar-refractivity contribution >= 4 is 0 Å². The highest BCUT2D eigenvalue weighted by atomic mass is 15.2. The molecule has 1 heterocycles. The van der Waals surface area contributed by atoms with Gasteiger partial charge in [-0.25, -0.2) is 0 Å². The Kier molecular flexibility index (Phi) is 4.42. The average molecular weight is 272 g/mol. The minimum Gasteiger partial charge on any atom is -0.312 e. The van der Waals surface area contributed by atoms with E-state index in [9.17, 15) is 0 Å². The molecule has 1 aliphatic heterocycles. The third-order valence-corrected chi connectivity index (χ3v) is 4.91. The number of piperidine rings is 1. The maximum Gasteiger partial charge on any atom is 0.0201 e. The molecular weight excluding hydrogens is 244 g/mol. The van der Waals surface area contributed by atoms with E-state index in [1.54, 1.807) is 0 Å². The van der Waals surface area contributed by atoms with Crippen LogP contribution in [0.25, 0.3) is 0 Å². The molecule has 1 saturated heterocycles. The number of rotatable bonds is 5. The van der Waals surface area contributed by atoms with Crippen molar-refractivity contribution in [3.8, 4) is 0 Å². The van der Waals surface area contributed by atoms with Gasteiger partial charge in [-0.2, -0.15) is 0 Å². The Morgan fingerprint density at radius 1 is 1.15 bits per heavy atom. The SMILES string of the molecule is CCN1CC(NCC2CC2)CC(c2ccc(C)cc2)C1. The number of likely N-dealkylation sites (N-methyl/N-ethyl adjacent to an activating group) is 1. The zero-order valence-electron chi connectivity index (χ0n) is 12.9. The molecule has 2 atom stereocenters. The highest BCUT2D eigenvalue weighted by Crippen LogP contribution is 2.30. The standard InChI is InChI=1S/C18H28N2/c1-3-20-12-17(16-8-4-14(2)5-9-16)10-18(13-20)19-11-15-6-7-15/h4-5,8-9,15,17-19H,3,6-7,10-13H2,1-2H3. The van der Waals surface area contributed by atoms with E-state index in [0.29, 0.717) is 12.0 Å². The zero-order chi connectivity index (χ0) is 13.9. The van der Waals surface area contributed by atoms with Crippen LogP contribution in [0.4, 0.5) is 0 Å². The fourth-order valence-corrected chi connectivity index (χ4v) is 3.33. The van der Waals surface area contributed by atoms with Gasteiger partial charge in [-0.05, 0) is 56.7 Å². The summed E-state index contributed by atoms with van der Waals surface area (Å²) in [6.45, 7) is 9.32. The van der Waals surface area contributed by atoms with Crippen LogP contribution in [0.2, 0.25) is 0 Å². The van der Waals surface area contributed by atoms with E-state index in [4.69, 9.17) is 0 Å². The molecular formula is C18H28N2. The molecule has 2 unspecified atom stereocenters. The van der Waals surface area contributed by atoms with Gasteiger partial charge in [0, 0.05) is 19.1 Å². The topological polar surface area (TPSA) is 15.3 Å². The maximum absolute atomic E-state index is 3.82. The van der Waals surface area contributed by atoms with E-state index in [-0.39, 0.29) is 0 Å². The Morgan fingerprint density at radius 3 is 2.55 bits per heavy atom. The summed E-state index contributed by atoms with van der Waals surface area (Å²) in [5.41, 5.74) is 2.88. The van der Waals surface area contributed by atoms with Crippen LogP contribution in [0.3, 0.4) is 0 Å². The molecule has 2 aliphatic rings. The van der Waals surface area contributed by atoms with Crippen LogP contribution in [0.15, 0.2) is 24.3 Å². The first kappa shape index (κ1) is 14.1. The predicted molar refractivity (Wildman–Crippen MR) is 85.2 cm³/mol. The molecule has 2 nitrogen and oxygen atoms in total. The Morgan fingerprint density at radius 2 is 1.90 bits per heavy atom. The van der Waals surface area contributed by atoms with Crippen molar-refractivity contribution in [2.45, 2.75) is 45.1 Å². The summed E-state index contributed by atoms with van der Waals surface area (Å²) in [7, 11) is 0. The molecule has 0 amide bonds. The molecule has 0 radical (unpaired) electrons.